The zero-order valence-corrected chi connectivity index (χ0v) is 19.3. The molecule has 0 radical (unpaired) electrons. The van der Waals surface area contributed by atoms with Crippen LogP contribution in [0.5, 0.6) is 0 Å². The molecule has 0 unspecified atom stereocenters. The van der Waals surface area contributed by atoms with Crippen LogP contribution in [0.1, 0.15) is 27.1 Å². The predicted molar refractivity (Wildman–Crippen MR) is 126 cm³/mol. The van der Waals surface area contributed by atoms with Crippen LogP contribution in [-0.4, -0.2) is 17.7 Å². The summed E-state index contributed by atoms with van der Waals surface area (Å²) >= 11 is 1.49. The van der Waals surface area contributed by atoms with Crippen molar-refractivity contribution in [1.82, 2.24) is 9.29 Å². The van der Waals surface area contributed by atoms with E-state index in [4.69, 9.17) is 0 Å². The molecule has 5 nitrogen and oxygen atoms in total. The number of benzene rings is 2. The van der Waals surface area contributed by atoms with Crippen molar-refractivity contribution in [2.24, 2.45) is 0 Å². The maximum atomic E-state index is 13.5. The van der Waals surface area contributed by atoms with Crippen LogP contribution in [0, 0.1) is 20.8 Å². The van der Waals surface area contributed by atoms with Gasteiger partial charge >= 0.3 is 0 Å². The van der Waals surface area contributed by atoms with E-state index >= 15 is 0 Å². The Bertz CT molecular complexity index is 1390. The van der Waals surface area contributed by atoms with E-state index in [0.717, 1.165) is 32.5 Å². The molecule has 0 bridgehead atoms. The molecule has 0 spiro atoms. The highest BCUT2D eigenvalue weighted by Gasteiger charge is 2.26. The zero-order valence-electron chi connectivity index (χ0n) is 17.7. The molecule has 0 aliphatic rings. The van der Waals surface area contributed by atoms with Crippen LogP contribution >= 0.6 is 11.3 Å². The highest BCUT2D eigenvalue weighted by atomic mass is 32.2. The molecule has 0 fully saturated rings. The fourth-order valence-electron chi connectivity index (χ4n) is 3.49. The average molecular weight is 453 g/mol. The van der Waals surface area contributed by atoms with E-state index in [1.54, 1.807) is 30.3 Å². The van der Waals surface area contributed by atoms with Crippen molar-refractivity contribution in [1.29, 1.82) is 0 Å². The number of pyridine rings is 1. The number of rotatable bonds is 6. The van der Waals surface area contributed by atoms with E-state index in [-0.39, 0.29) is 23.5 Å². The third-order valence-electron chi connectivity index (χ3n) is 5.45. The first-order chi connectivity index (χ1) is 14.7. The Morgan fingerprint density at radius 3 is 2.32 bits per heavy atom. The smallest absolute Gasteiger partial charge is 0.252 e. The van der Waals surface area contributed by atoms with Crippen molar-refractivity contribution < 1.29 is 8.42 Å². The maximum Gasteiger partial charge on any atom is 0.252 e. The summed E-state index contributed by atoms with van der Waals surface area (Å²) < 4.78 is 28.3. The highest BCUT2D eigenvalue weighted by Crippen LogP contribution is 2.24. The Morgan fingerprint density at radius 1 is 0.935 bits per heavy atom. The summed E-state index contributed by atoms with van der Waals surface area (Å²) in [5.74, 6) is 0. The predicted octanol–water partition coefficient (Wildman–Crippen LogP) is 4.91. The first-order valence-corrected chi connectivity index (χ1v) is 12.3. The molecule has 0 aliphatic heterocycles. The number of hydrogen-bond acceptors (Lipinski definition) is 4. The van der Waals surface area contributed by atoms with E-state index in [9.17, 15) is 13.2 Å². The first kappa shape index (κ1) is 21.5. The Morgan fingerprint density at radius 2 is 1.65 bits per heavy atom. The Balaban J connectivity index is 1.77. The molecule has 4 rings (SSSR count). The van der Waals surface area contributed by atoms with Gasteiger partial charge in [0, 0.05) is 29.0 Å². The lowest BCUT2D eigenvalue weighted by atomic mass is 10.1. The van der Waals surface area contributed by atoms with Gasteiger partial charge in [-0.25, -0.2) is 8.42 Å². The van der Waals surface area contributed by atoms with Gasteiger partial charge in [0.1, 0.15) is 0 Å². The van der Waals surface area contributed by atoms with Gasteiger partial charge in [-0.1, -0.05) is 23.8 Å². The molecule has 0 aliphatic carbocycles. The molecule has 4 aromatic rings. The van der Waals surface area contributed by atoms with Crippen LogP contribution in [0.2, 0.25) is 0 Å². The minimum atomic E-state index is -3.79. The second-order valence-corrected chi connectivity index (χ2v) is 10.8. The molecule has 2 aromatic carbocycles. The molecule has 31 heavy (non-hydrogen) atoms. The van der Waals surface area contributed by atoms with Crippen molar-refractivity contribution in [2.75, 3.05) is 0 Å². The number of aromatic amines is 1. The van der Waals surface area contributed by atoms with Gasteiger partial charge in [-0.05, 0) is 79.1 Å². The van der Waals surface area contributed by atoms with Crippen LogP contribution in [0.15, 0.2) is 69.7 Å². The van der Waals surface area contributed by atoms with Gasteiger partial charge in [0.15, 0.2) is 0 Å². The second kappa shape index (κ2) is 8.42. The summed E-state index contributed by atoms with van der Waals surface area (Å²) in [4.78, 5) is 16.9. The van der Waals surface area contributed by atoms with Gasteiger partial charge in [0.05, 0.1) is 4.90 Å². The van der Waals surface area contributed by atoms with Gasteiger partial charge in [0.2, 0.25) is 10.0 Å². The van der Waals surface area contributed by atoms with Gasteiger partial charge in [-0.2, -0.15) is 4.31 Å². The van der Waals surface area contributed by atoms with Gasteiger partial charge in [-0.3, -0.25) is 4.79 Å². The van der Waals surface area contributed by atoms with Crippen LogP contribution in [0.4, 0.5) is 0 Å². The number of aryl methyl sites for hydroxylation is 3. The summed E-state index contributed by atoms with van der Waals surface area (Å²) in [5.41, 5.74) is 4.10. The van der Waals surface area contributed by atoms with Crippen molar-refractivity contribution in [2.45, 2.75) is 38.8 Å². The minimum Gasteiger partial charge on any atom is -0.322 e. The molecule has 7 heteroatoms. The normalized spacial score (nSPS) is 12.0. The Labute approximate surface area is 186 Å². The zero-order chi connectivity index (χ0) is 22.2. The van der Waals surface area contributed by atoms with Gasteiger partial charge in [-0.15, -0.1) is 11.3 Å². The fraction of sp³-hybridized carbons (Fsp3) is 0.208. The number of fused-ring (bicyclic) bond motifs is 1. The molecule has 0 atom stereocenters. The van der Waals surface area contributed by atoms with Crippen LogP contribution < -0.4 is 5.56 Å². The molecule has 1 N–H and O–H groups in total. The van der Waals surface area contributed by atoms with E-state index in [1.165, 1.54) is 15.6 Å². The molecular formula is C24H24N2O3S2. The fourth-order valence-corrected chi connectivity index (χ4v) is 5.69. The van der Waals surface area contributed by atoms with Crippen LogP contribution in [0.3, 0.4) is 0 Å². The summed E-state index contributed by atoms with van der Waals surface area (Å²) in [6, 6.07) is 16.3. The first-order valence-electron chi connectivity index (χ1n) is 9.96. The van der Waals surface area contributed by atoms with Gasteiger partial charge < -0.3 is 4.98 Å². The minimum absolute atomic E-state index is 0.00763. The molecule has 160 valence electrons. The van der Waals surface area contributed by atoms with E-state index in [2.05, 4.69) is 4.98 Å². The van der Waals surface area contributed by atoms with E-state index in [1.807, 2.05) is 50.4 Å². The lowest BCUT2D eigenvalue weighted by Gasteiger charge is -2.22. The molecule has 0 amide bonds. The number of nitrogens with zero attached hydrogens (tertiary/aromatic N) is 1. The third-order valence-corrected chi connectivity index (χ3v) is 8.12. The molecular weight excluding hydrogens is 428 g/mol. The van der Waals surface area contributed by atoms with Gasteiger partial charge in [0.25, 0.3) is 5.56 Å². The quantitative estimate of drug-likeness (QED) is 0.452. The number of sulfonamides is 1. The lowest BCUT2D eigenvalue weighted by Crippen LogP contribution is -2.32. The Hall–Kier alpha value is -2.74. The number of H-pyrrole nitrogens is 1. The summed E-state index contributed by atoms with van der Waals surface area (Å²) in [6.45, 7) is 6.13. The molecule has 0 saturated carbocycles. The second-order valence-electron chi connectivity index (χ2n) is 7.81. The molecule has 2 aromatic heterocycles. The monoisotopic (exact) mass is 452 g/mol. The number of nitrogens with one attached hydrogen (secondary N) is 1. The van der Waals surface area contributed by atoms with Crippen LogP contribution in [-0.2, 0) is 23.1 Å². The number of thiophene rings is 1. The van der Waals surface area contributed by atoms with E-state index < -0.39 is 10.0 Å². The standard InChI is InChI=1S/C24H24N2O3S2/c1-16-6-8-22(9-7-16)31(28,29)26(15-21-5-4-10-30-21)14-20-13-19-11-17(2)18(3)12-23(19)25-24(20)27/h4-13H,14-15H2,1-3H3,(H,25,27). The van der Waals surface area contributed by atoms with Crippen molar-refractivity contribution >= 4 is 32.3 Å². The van der Waals surface area contributed by atoms with Crippen molar-refractivity contribution in [3.8, 4) is 0 Å². The molecule has 2 heterocycles. The third kappa shape index (κ3) is 4.49. The van der Waals surface area contributed by atoms with E-state index in [0.29, 0.717) is 5.56 Å². The summed E-state index contributed by atoms with van der Waals surface area (Å²) in [6.07, 6.45) is 0. The average Bonchev–Trinajstić information content (AvgIpc) is 3.23. The van der Waals surface area contributed by atoms with Crippen molar-refractivity contribution in [3.63, 3.8) is 0 Å². The number of aromatic nitrogens is 1. The molecule has 0 saturated heterocycles. The summed E-state index contributed by atoms with van der Waals surface area (Å²) in [7, 11) is -3.79. The Kier molecular flexibility index (Phi) is 5.83. The topological polar surface area (TPSA) is 70.2 Å². The SMILES string of the molecule is Cc1ccc(S(=O)(=O)N(Cc2cccs2)Cc2cc3cc(C)c(C)cc3[nH]c2=O)cc1. The van der Waals surface area contributed by atoms with Crippen LogP contribution in [0.25, 0.3) is 10.9 Å². The summed E-state index contributed by atoms with van der Waals surface area (Å²) in [5, 5.41) is 2.81. The highest BCUT2D eigenvalue weighted by molar-refractivity contribution is 7.89. The number of hydrogen-bond donors (Lipinski definition) is 1. The largest absolute Gasteiger partial charge is 0.322 e. The maximum absolute atomic E-state index is 13.5. The van der Waals surface area contributed by atoms with Crippen molar-refractivity contribution in [3.05, 3.63) is 97.5 Å². The lowest BCUT2D eigenvalue weighted by molar-refractivity contribution is 0.402.